The number of nitrogens with zero attached hydrogens (tertiary/aromatic N) is 1. The van der Waals surface area contributed by atoms with E-state index < -0.39 is 6.04 Å². The molecule has 0 aliphatic heterocycles. The minimum atomic E-state index is -0.532. The van der Waals surface area contributed by atoms with Crippen LogP contribution in [0.3, 0.4) is 0 Å². The van der Waals surface area contributed by atoms with E-state index >= 15 is 0 Å². The largest absolute Gasteiger partial charge is 0.352 e. The van der Waals surface area contributed by atoms with Gasteiger partial charge in [0.2, 0.25) is 11.8 Å². The maximum atomic E-state index is 13.2. The zero-order chi connectivity index (χ0) is 20.8. The van der Waals surface area contributed by atoms with Crippen LogP contribution in [0.25, 0.3) is 0 Å². The second-order valence-electron chi connectivity index (χ2n) is 7.92. The van der Waals surface area contributed by atoms with Crippen molar-refractivity contribution in [3.8, 4) is 0 Å². The molecule has 1 atom stereocenters. The van der Waals surface area contributed by atoms with Gasteiger partial charge in [0.1, 0.15) is 6.04 Å². The average molecular weight is 413 g/mol. The van der Waals surface area contributed by atoms with Crippen LogP contribution in [0.5, 0.6) is 0 Å². The standard InChI is InChI=1S/C24H29ClN2O2/c1-17-7-3-4-8-20(17)16-27(18(2)24(29)26-22-9-5-6-10-22)23(28)15-19-11-13-21(25)14-12-19/h3-4,7-8,11-14,18,22H,5-6,9-10,15-16H2,1-2H3,(H,26,29). The summed E-state index contributed by atoms with van der Waals surface area (Å²) in [6.07, 6.45) is 4.59. The van der Waals surface area contributed by atoms with E-state index in [1.807, 2.05) is 50.2 Å². The van der Waals surface area contributed by atoms with Crippen LogP contribution < -0.4 is 5.32 Å². The van der Waals surface area contributed by atoms with Crippen LogP contribution >= 0.6 is 11.6 Å². The van der Waals surface area contributed by atoms with Crippen LogP contribution in [0.2, 0.25) is 5.02 Å². The van der Waals surface area contributed by atoms with Crippen LogP contribution in [0.15, 0.2) is 48.5 Å². The van der Waals surface area contributed by atoms with Crippen LogP contribution in [0.1, 0.15) is 49.3 Å². The number of halogens is 1. The fourth-order valence-corrected chi connectivity index (χ4v) is 3.95. The van der Waals surface area contributed by atoms with Crippen molar-refractivity contribution in [2.75, 3.05) is 0 Å². The molecular weight excluding hydrogens is 384 g/mol. The smallest absolute Gasteiger partial charge is 0.242 e. The summed E-state index contributed by atoms with van der Waals surface area (Å²) >= 11 is 5.96. The molecule has 1 N–H and O–H groups in total. The van der Waals surface area contributed by atoms with Crippen LogP contribution in [0.4, 0.5) is 0 Å². The van der Waals surface area contributed by atoms with Crippen molar-refractivity contribution in [3.05, 3.63) is 70.2 Å². The summed E-state index contributed by atoms with van der Waals surface area (Å²) in [5.74, 6) is -0.139. The van der Waals surface area contributed by atoms with Crippen molar-refractivity contribution in [3.63, 3.8) is 0 Å². The Labute approximate surface area is 178 Å². The van der Waals surface area contributed by atoms with Gasteiger partial charge in [0.05, 0.1) is 6.42 Å². The van der Waals surface area contributed by atoms with Gasteiger partial charge in [-0.1, -0.05) is 60.8 Å². The van der Waals surface area contributed by atoms with Gasteiger partial charge >= 0.3 is 0 Å². The number of aryl methyl sites for hydroxylation is 1. The first-order chi connectivity index (χ1) is 13.9. The normalized spacial score (nSPS) is 15.1. The number of hydrogen-bond donors (Lipinski definition) is 1. The summed E-state index contributed by atoms with van der Waals surface area (Å²) < 4.78 is 0. The molecule has 1 aliphatic rings. The lowest BCUT2D eigenvalue weighted by atomic mass is 10.1. The molecule has 2 aromatic rings. The number of carbonyl (C=O) groups excluding carboxylic acids is 2. The van der Waals surface area contributed by atoms with E-state index in [-0.39, 0.29) is 24.3 Å². The lowest BCUT2D eigenvalue weighted by Gasteiger charge is -2.30. The van der Waals surface area contributed by atoms with Gasteiger partial charge < -0.3 is 10.2 Å². The fourth-order valence-electron chi connectivity index (χ4n) is 3.82. The Kier molecular flexibility index (Phi) is 7.32. The summed E-state index contributed by atoms with van der Waals surface area (Å²) in [5, 5.41) is 3.78. The first-order valence-corrected chi connectivity index (χ1v) is 10.7. The van der Waals surface area contributed by atoms with Gasteiger partial charge in [-0.3, -0.25) is 9.59 Å². The molecule has 0 heterocycles. The highest BCUT2D eigenvalue weighted by molar-refractivity contribution is 6.30. The summed E-state index contributed by atoms with van der Waals surface area (Å²) in [6, 6.07) is 15.0. The molecule has 3 rings (SSSR count). The van der Waals surface area contributed by atoms with Crippen LogP contribution in [-0.4, -0.2) is 28.8 Å². The van der Waals surface area contributed by atoms with Gasteiger partial charge in [-0.05, 0) is 55.5 Å². The molecular formula is C24H29ClN2O2. The number of amides is 2. The third kappa shape index (κ3) is 5.83. The lowest BCUT2D eigenvalue weighted by Crippen LogP contribution is -2.50. The number of hydrogen-bond acceptors (Lipinski definition) is 2. The van der Waals surface area contributed by atoms with Gasteiger partial charge in [0, 0.05) is 17.6 Å². The molecule has 29 heavy (non-hydrogen) atoms. The molecule has 154 valence electrons. The van der Waals surface area contributed by atoms with E-state index in [9.17, 15) is 9.59 Å². The van der Waals surface area contributed by atoms with E-state index in [0.29, 0.717) is 11.6 Å². The number of nitrogens with one attached hydrogen (secondary N) is 1. The molecule has 0 spiro atoms. The van der Waals surface area contributed by atoms with Crippen LogP contribution in [-0.2, 0) is 22.6 Å². The van der Waals surface area contributed by atoms with E-state index in [1.54, 1.807) is 17.0 Å². The molecule has 0 saturated heterocycles. The van der Waals surface area contributed by atoms with E-state index in [0.717, 1.165) is 42.4 Å². The highest BCUT2D eigenvalue weighted by Gasteiger charge is 2.28. The molecule has 1 unspecified atom stereocenters. The fraction of sp³-hybridized carbons (Fsp3) is 0.417. The quantitative estimate of drug-likeness (QED) is 0.718. The molecule has 5 heteroatoms. The molecule has 4 nitrogen and oxygen atoms in total. The second-order valence-corrected chi connectivity index (χ2v) is 8.35. The first kappa shape index (κ1) is 21.4. The highest BCUT2D eigenvalue weighted by atomic mass is 35.5. The Hall–Kier alpha value is -2.33. The van der Waals surface area contributed by atoms with E-state index in [2.05, 4.69) is 5.32 Å². The molecule has 0 radical (unpaired) electrons. The maximum Gasteiger partial charge on any atom is 0.242 e. The summed E-state index contributed by atoms with van der Waals surface area (Å²) in [7, 11) is 0. The molecule has 0 aromatic heterocycles. The monoisotopic (exact) mass is 412 g/mol. The van der Waals surface area contributed by atoms with Crippen molar-refractivity contribution in [1.82, 2.24) is 10.2 Å². The first-order valence-electron chi connectivity index (χ1n) is 10.3. The van der Waals surface area contributed by atoms with Crippen molar-refractivity contribution < 1.29 is 9.59 Å². The molecule has 2 aromatic carbocycles. The third-order valence-electron chi connectivity index (χ3n) is 5.74. The molecule has 1 aliphatic carbocycles. The summed E-state index contributed by atoms with van der Waals surface area (Å²) in [5.41, 5.74) is 3.05. The minimum Gasteiger partial charge on any atom is -0.352 e. The van der Waals surface area contributed by atoms with Crippen molar-refractivity contribution in [2.45, 2.75) is 64.6 Å². The predicted octanol–water partition coefficient (Wildman–Crippen LogP) is 4.67. The van der Waals surface area contributed by atoms with Crippen molar-refractivity contribution >= 4 is 23.4 Å². The average Bonchev–Trinajstić information content (AvgIpc) is 3.21. The topological polar surface area (TPSA) is 49.4 Å². The predicted molar refractivity (Wildman–Crippen MR) is 117 cm³/mol. The van der Waals surface area contributed by atoms with Crippen LogP contribution in [0, 0.1) is 6.92 Å². The summed E-state index contributed by atoms with van der Waals surface area (Å²) in [4.78, 5) is 27.8. The highest BCUT2D eigenvalue weighted by Crippen LogP contribution is 2.20. The Morgan fingerprint density at radius 2 is 1.76 bits per heavy atom. The van der Waals surface area contributed by atoms with Gasteiger partial charge in [-0.15, -0.1) is 0 Å². The number of carbonyl (C=O) groups is 2. The van der Waals surface area contributed by atoms with Crippen molar-refractivity contribution in [2.24, 2.45) is 0 Å². The Balaban J connectivity index is 1.77. The van der Waals surface area contributed by atoms with Gasteiger partial charge in [-0.25, -0.2) is 0 Å². The second kappa shape index (κ2) is 9.93. The molecule has 0 bridgehead atoms. The van der Waals surface area contributed by atoms with E-state index in [4.69, 9.17) is 11.6 Å². The minimum absolute atomic E-state index is 0.0651. The molecule has 1 fully saturated rings. The third-order valence-corrected chi connectivity index (χ3v) is 5.99. The van der Waals surface area contributed by atoms with Gasteiger partial charge in [-0.2, -0.15) is 0 Å². The molecule has 2 amide bonds. The molecule has 1 saturated carbocycles. The number of benzene rings is 2. The SMILES string of the molecule is Cc1ccccc1CN(C(=O)Cc1ccc(Cl)cc1)C(C)C(=O)NC1CCCC1. The Morgan fingerprint density at radius 1 is 1.10 bits per heavy atom. The maximum absolute atomic E-state index is 13.2. The van der Waals surface area contributed by atoms with Crippen molar-refractivity contribution in [1.29, 1.82) is 0 Å². The Bertz CT molecular complexity index is 844. The Morgan fingerprint density at radius 3 is 2.41 bits per heavy atom. The number of rotatable bonds is 7. The summed E-state index contributed by atoms with van der Waals surface area (Å²) in [6.45, 7) is 4.26. The van der Waals surface area contributed by atoms with Gasteiger partial charge in [0.15, 0.2) is 0 Å². The lowest BCUT2D eigenvalue weighted by molar-refractivity contribution is -0.140. The zero-order valence-electron chi connectivity index (χ0n) is 17.2. The van der Waals surface area contributed by atoms with Gasteiger partial charge in [0.25, 0.3) is 0 Å². The zero-order valence-corrected chi connectivity index (χ0v) is 17.9. The van der Waals surface area contributed by atoms with E-state index in [1.165, 1.54) is 0 Å².